The molecule has 2 atom stereocenters. The van der Waals surface area contributed by atoms with Gasteiger partial charge < -0.3 is 10.2 Å². The topological polar surface area (TPSA) is 74.6 Å². The number of carbonyl (C=O) groups is 2. The summed E-state index contributed by atoms with van der Waals surface area (Å²) in [5.74, 6) is -0.666. The maximum absolute atomic E-state index is 10.5. The van der Waals surface area contributed by atoms with E-state index in [1.807, 2.05) is 0 Å². The van der Waals surface area contributed by atoms with Gasteiger partial charge >= 0.3 is 11.9 Å². The van der Waals surface area contributed by atoms with E-state index in [9.17, 15) is 9.59 Å². The van der Waals surface area contributed by atoms with Crippen molar-refractivity contribution >= 4 is 11.9 Å². The molecule has 0 aromatic rings. The van der Waals surface area contributed by atoms with E-state index in [1.54, 1.807) is 0 Å². The molecule has 1 aliphatic rings. The van der Waals surface area contributed by atoms with Crippen LogP contribution in [-0.2, 0) is 9.59 Å². The number of hydrogen-bond acceptors (Lipinski definition) is 2. The highest BCUT2D eigenvalue weighted by atomic mass is 16.4. The van der Waals surface area contributed by atoms with Crippen molar-refractivity contribution < 1.29 is 19.8 Å². The lowest BCUT2D eigenvalue weighted by Crippen LogP contribution is -2.18. The molecule has 0 saturated heterocycles. The van der Waals surface area contributed by atoms with Gasteiger partial charge in [-0.05, 0) is 43.9 Å². The first kappa shape index (κ1) is 13.0. The number of carboxylic acids is 2. The predicted octanol–water partition coefficient (Wildman–Crippen LogP) is 2.34. The van der Waals surface area contributed by atoms with E-state index < -0.39 is 11.9 Å². The van der Waals surface area contributed by atoms with Crippen molar-refractivity contribution in [2.24, 2.45) is 11.8 Å². The fraction of sp³-hybridized carbons (Fsp3) is 0.750. The molecule has 0 aliphatic heterocycles. The van der Waals surface area contributed by atoms with Gasteiger partial charge in [-0.1, -0.05) is 6.42 Å². The first-order chi connectivity index (χ1) is 7.58. The molecule has 2 N–H and O–H groups in total. The zero-order chi connectivity index (χ0) is 12.0. The molecule has 0 amide bonds. The normalized spacial score (nSPS) is 25.2. The van der Waals surface area contributed by atoms with Gasteiger partial charge in [-0.2, -0.15) is 0 Å². The highest BCUT2D eigenvalue weighted by Gasteiger charge is 2.22. The first-order valence-corrected chi connectivity index (χ1v) is 5.85. The molecule has 4 nitrogen and oxygen atoms in total. The monoisotopic (exact) mass is 227 g/mol. The molecule has 1 aliphatic carbocycles. The summed E-state index contributed by atoms with van der Waals surface area (Å²) in [4.78, 5) is 20.9. The number of aliphatic carboxylic acids is 2. The van der Waals surface area contributed by atoms with Crippen molar-refractivity contribution in [2.75, 3.05) is 0 Å². The summed E-state index contributed by atoms with van der Waals surface area (Å²) in [5.41, 5.74) is 0. The molecule has 0 bridgehead atoms. The zero-order valence-corrected chi connectivity index (χ0v) is 9.39. The number of hydrogen-bond donors (Lipinski definition) is 2. The summed E-state index contributed by atoms with van der Waals surface area (Å²) < 4.78 is 0. The van der Waals surface area contributed by atoms with Gasteiger partial charge in [0.1, 0.15) is 0 Å². The second-order valence-electron chi connectivity index (χ2n) is 4.54. The molecule has 4 heteroatoms. The Kier molecular flexibility index (Phi) is 5.29. The molecule has 1 rings (SSSR count). The van der Waals surface area contributed by atoms with E-state index in [4.69, 9.17) is 10.2 Å². The molecule has 91 valence electrons. The quantitative estimate of drug-likeness (QED) is 0.730. The van der Waals surface area contributed by atoms with Gasteiger partial charge in [0, 0.05) is 12.8 Å². The Morgan fingerprint density at radius 2 is 1.75 bits per heavy atom. The minimum absolute atomic E-state index is 0.215. The van der Waals surface area contributed by atoms with Crippen LogP contribution in [-0.4, -0.2) is 22.2 Å². The summed E-state index contributed by atoms with van der Waals surface area (Å²) in [6.45, 7) is 0. The standard InChI is InChI=1S/C12H19O4/c13-11(14)6-4-9-2-1-3-10(8-9)5-7-12(15)16/h2,9-10H,1,3-8H2,(H,13,14)(H,15,16). The molecule has 0 aromatic heterocycles. The van der Waals surface area contributed by atoms with Crippen molar-refractivity contribution in [2.45, 2.75) is 44.9 Å². The highest BCUT2D eigenvalue weighted by Crippen LogP contribution is 2.33. The predicted molar refractivity (Wildman–Crippen MR) is 58.9 cm³/mol. The summed E-state index contributed by atoms with van der Waals surface area (Å²) in [6, 6.07) is 0. The van der Waals surface area contributed by atoms with E-state index >= 15 is 0 Å². The molecule has 0 spiro atoms. The van der Waals surface area contributed by atoms with Crippen molar-refractivity contribution in [3.8, 4) is 0 Å². The van der Waals surface area contributed by atoms with Gasteiger partial charge in [-0.3, -0.25) is 9.59 Å². The van der Waals surface area contributed by atoms with Crippen LogP contribution in [0.5, 0.6) is 0 Å². The van der Waals surface area contributed by atoms with Crippen LogP contribution in [0, 0.1) is 18.3 Å². The van der Waals surface area contributed by atoms with Gasteiger partial charge in [-0.15, -0.1) is 0 Å². The Morgan fingerprint density at radius 3 is 2.38 bits per heavy atom. The van der Waals surface area contributed by atoms with Gasteiger partial charge in [0.05, 0.1) is 0 Å². The van der Waals surface area contributed by atoms with Gasteiger partial charge in [0.15, 0.2) is 0 Å². The Bertz CT molecular complexity index is 225. The van der Waals surface area contributed by atoms with Crippen LogP contribution in [0.15, 0.2) is 0 Å². The van der Waals surface area contributed by atoms with Crippen LogP contribution in [0.4, 0.5) is 0 Å². The lowest BCUT2D eigenvalue weighted by atomic mass is 9.77. The molecule has 1 radical (unpaired) electrons. The van der Waals surface area contributed by atoms with E-state index in [1.165, 1.54) is 0 Å². The lowest BCUT2D eigenvalue weighted by Gasteiger charge is -2.28. The molecule has 2 unspecified atom stereocenters. The van der Waals surface area contributed by atoms with Crippen molar-refractivity contribution in [1.29, 1.82) is 0 Å². The average Bonchev–Trinajstić information content (AvgIpc) is 2.24. The first-order valence-electron chi connectivity index (χ1n) is 5.85. The summed E-state index contributed by atoms with van der Waals surface area (Å²) in [7, 11) is 0. The van der Waals surface area contributed by atoms with E-state index in [2.05, 4.69) is 6.42 Å². The van der Waals surface area contributed by atoms with Crippen LogP contribution in [0.2, 0.25) is 0 Å². The summed E-state index contributed by atoms with van der Waals surface area (Å²) in [6.07, 6.45) is 7.07. The zero-order valence-electron chi connectivity index (χ0n) is 9.39. The number of carboxylic acid groups (broad SMARTS) is 2. The van der Waals surface area contributed by atoms with Gasteiger partial charge in [0.25, 0.3) is 0 Å². The Morgan fingerprint density at radius 1 is 1.12 bits per heavy atom. The third kappa shape index (κ3) is 5.14. The van der Waals surface area contributed by atoms with E-state index in [0.717, 1.165) is 25.7 Å². The molecule has 0 heterocycles. The van der Waals surface area contributed by atoms with Crippen LogP contribution in [0.3, 0.4) is 0 Å². The SMILES string of the molecule is O=C(O)CCC1[CH]CCC(CCC(=O)O)C1. The third-order valence-electron chi connectivity index (χ3n) is 3.21. The minimum Gasteiger partial charge on any atom is -0.481 e. The van der Waals surface area contributed by atoms with Gasteiger partial charge in [-0.25, -0.2) is 0 Å². The summed E-state index contributed by atoms with van der Waals surface area (Å²) >= 11 is 0. The Labute approximate surface area is 95.7 Å². The second kappa shape index (κ2) is 6.51. The van der Waals surface area contributed by atoms with Crippen LogP contribution >= 0.6 is 0 Å². The van der Waals surface area contributed by atoms with Crippen molar-refractivity contribution in [3.63, 3.8) is 0 Å². The maximum atomic E-state index is 10.5. The highest BCUT2D eigenvalue weighted by molar-refractivity contribution is 5.67. The molecular formula is C12H19O4. The maximum Gasteiger partial charge on any atom is 0.303 e. The van der Waals surface area contributed by atoms with Crippen molar-refractivity contribution in [3.05, 3.63) is 6.42 Å². The molecular weight excluding hydrogens is 208 g/mol. The Balaban J connectivity index is 2.24. The van der Waals surface area contributed by atoms with Crippen LogP contribution < -0.4 is 0 Å². The fourth-order valence-electron chi connectivity index (χ4n) is 2.34. The molecule has 16 heavy (non-hydrogen) atoms. The smallest absolute Gasteiger partial charge is 0.303 e. The van der Waals surface area contributed by atoms with Crippen LogP contribution in [0.1, 0.15) is 44.9 Å². The van der Waals surface area contributed by atoms with Crippen molar-refractivity contribution in [1.82, 2.24) is 0 Å². The fourth-order valence-corrected chi connectivity index (χ4v) is 2.34. The van der Waals surface area contributed by atoms with E-state index in [0.29, 0.717) is 18.3 Å². The largest absolute Gasteiger partial charge is 0.481 e. The molecule has 1 saturated carbocycles. The number of rotatable bonds is 6. The van der Waals surface area contributed by atoms with Gasteiger partial charge in [0.2, 0.25) is 0 Å². The van der Waals surface area contributed by atoms with Crippen LogP contribution in [0.25, 0.3) is 0 Å². The second-order valence-corrected chi connectivity index (χ2v) is 4.54. The third-order valence-corrected chi connectivity index (χ3v) is 3.21. The molecule has 1 fully saturated rings. The van der Waals surface area contributed by atoms with E-state index in [-0.39, 0.29) is 12.8 Å². The minimum atomic E-state index is -0.749. The molecule has 0 aromatic carbocycles. The average molecular weight is 227 g/mol. The summed E-state index contributed by atoms with van der Waals surface area (Å²) in [5, 5.41) is 17.2. The lowest BCUT2D eigenvalue weighted by molar-refractivity contribution is -0.138. The Hall–Kier alpha value is -1.06.